The highest BCUT2D eigenvalue weighted by atomic mass is 19.1. The van der Waals surface area contributed by atoms with Crippen LogP contribution in [0.1, 0.15) is 5.69 Å². The van der Waals surface area contributed by atoms with Gasteiger partial charge in [-0.25, -0.2) is 13.9 Å². The van der Waals surface area contributed by atoms with Crippen molar-refractivity contribution in [1.29, 1.82) is 0 Å². The van der Waals surface area contributed by atoms with Gasteiger partial charge < -0.3 is 9.84 Å². The van der Waals surface area contributed by atoms with Crippen molar-refractivity contribution in [2.24, 2.45) is 0 Å². The first-order valence-electron chi connectivity index (χ1n) is 9.93. The Morgan fingerprint density at radius 1 is 1.28 bits per heavy atom. The molecule has 0 spiro atoms. The van der Waals surface area contributed by atoms with Crippen molar-refractivity contribution in [1.82, 2.24) is 25.5 Å². The quantitative estimate of drug-likeness (QED) is 0.598. The van der Waals surface area contributed by atoms with Crippen LogP contribution < -0.4 is 10.4 Å². The Morgan fingerprint density at radius 2 is 2.19 bits per heavy atom. The first-order chi connectivity index (χ1) is 15.6. The van der Waals surface area contributed by atoms with Crippen LogP contribution in [0.15, 0.2) is 55.0 Å². The summed E-state index contributed by atoms with van der Waals surface area (Å²) in [6.07, 6.45) is 5.14. The van der Waals surface area contributed by atoms with Crippen LogP contribution in [-0.2, 0) is 16.1 Å². The maximum absolute atomic E-state index is 14.9. The molecule has 0 aliphatic carbocycles. The molecule has 2 N–H and O–H groups in total. The normalized spacial score (nSPS) is 20.2. The lowest BCUT2D eigenvalue weighted by atomic mass is 10.1. The van der Waals surface area contributed by atoms with Crippen LogP contribution >= 0.6 is 0 Å². The predicted octanol–water partition coefficient (Wildman–Crippen LogP) is 1.74. The van der Waals surface area contributed by atoms with E-state index in [1.165, 1.54) is 11.0 Å². The summed E-state index contributed by atoms with van der Waals surface area (Å²) in [5, 5.41) is 16.7. The highest BCUT2D eigenvalue weighted by Gasteiger charge is 2.33. The van der Waals surface area contributed by atoms with E-state index in [0.29, 0.717) is 34.8 Å². The summed E-state index contributed by atoms with van der Waals surface area (Å²) >= 11 is 0. The Labute approximate surface area is 181 Å². The fraction of sp³-hybridized carbons (Fsp3) is 0.238. The second kappa shape index (κ2) is 8.36. The number of rotatable bonds is 6. The molecule has 32 heavy (non-hydrogen) atoms. The SMILES string of the molecule is O=C1O[C@@H](Cn2ccnn2)CN1c1ccc(-c2ccc(C3=C[C@H](CO)ON3)nc2)c(F)c1. The van der Waals surface area contributed by atoms with Gasteiger partial charge in [-0.15, -0.1) is 5.10 Å². The van der Waals surface area contributed by atoms with Gasteiger partial charge in [0.25, 0.3) is 0 Å². The topological polar surface area (TPSA) is 115 Å². The number of nitrogens with one attached hydrogen (secondary N) is 1. The summed E-state index contributed by atoms with van der Waals surface area (Å²) in [6.45, 7) is 0.515. The molecule has 3 aromatic rings. The second-order valence-corrected chi connectivity index (χ2v) is 7.36. The summed E-state index contributed by atoms with van der Waals surface area (Å²) in [5.74, 6) is -0.480. The Morgan fingerprint density at radius 3 is 2.88 bits per heavy atom. The number of anilines is 1. The molecule has 1 saturated heterocycles. The van der Waals surface area contributed by atoms with Crippen LogP contribution in [0.4, 0.5) is 14.9 Å². The number of carbonyl (C=O) groups excluding carboxylic acids is 1. The molecule has 1 amide bonds. The molecule has 10 nitrogen and oxygen atoms in total. The standard InChI is InChI=1S/C21H19FN6O4/c22-18-7-14(28-11-16(31-21(28)30)10-27-6-5-24-26-27)2-3-17(18)13-1-4-19(23-9-13)20-8-15(12-29)32-25-20/h1-9,15-16,25,29H,10-12H2/t15-,16+/m1/s1. The molecule has 0 saturated carbocycles. The summed E-state index contributed by atoms with van der Waals surface area (Å²) in [5.41, 5.74) is 5.32. The Hall–Kier alpha value is -3.83. The number of hydrogen-bond acceptors (Lipinski definition) is 8. The number of hydroxylamine groups is 1. The first kappa shape index (κ1) is 20.1. The smallest absolute Gasteiger partial charge is 0.414 e. The van der Waals surface area contributed by atoms with Gasteiger partial charge in [-0.3, -0.25) is 20.2 Å². The maximum Gasteiger partial charge on any atom is 0.414 e. The number of aromatic nitrogens is 4. The number of hydrogen-bond donors (Lipinski definition) is 2. The molecule has 2 atom stereocenters. The van der Waals surface area contributed by atoms with Gasteiger partial charge in [0.05, 0.1) is 43.0 Å². The lowest BCUT2D eigenvalue weighted by molar-refractivity contribution is 0.0172. The largest absolute Gasteiger partial charge is 0.442 e. The average Bonchev–Trinajstić information content (AvgIpc) is 3.56. The van der Waals surface area contributed by atoms with Crippen molar-refractivity contribution in [3.8, 4) is 11.1 Å². The number of pyridine rings is 1. The Balaban J connectivity index is 1.31. The van der Waals surface area contributed by atoms with E-state index in [1.54, 1.807) is 53.6 Å². The van der Waals surface area contributed by atoms with Crippen LogP contribution in [0.3, 0.4) is 0 Å². The molecule has 0 bridgehead atoms. The summed E-state index contributed by atoms with van der Waals surface area (Å²) < 4.78 is 21.9. The van der Waals surface area contributed by atoms with Gasteiger partial charge in [-0.05, 0) is 30.3 Å². The van der Waals surface area contributed by atoms with Gasteiger partial charge in [0.15, 0.2) is 0 Å². The van der Waals surface area contributed by atoms with Gasteiger partial charge in [0.1, 0.15) is 18.0 Å². The van der Waals surface area contributed by atoms with E-state index in [0.717, 1.165) is 0 Å². The molecule has 164 valence electrons. The molecule has 4 heterocycles. The summed E-state index contributed by atoms with van der Waals surface area (Å²) in [6, 6.07) is 8.07. The van der Waals surface area contributed by atoms with Gasteiger partial charge in [0.2, 0.25) is 0 Å². The van der Waals surface area contributed by atoms with Crippen molar-refractivity contribution in [3.63, 3.8) is 0 Å². The molecule has 2 aliphatic heterocycles. The van der Waals surface area contributed by atoms with E-state index >= 15 is 0 Å². The summed E-state index contributed by atoms with van der Waals surface area (Å²) in [7, 11) is 0. The number of nitrogens with zero attached hydrogens (tertiary/aromatic N) is 5. The van der Waals surface area contributed by atoms with E-state index in [-0.39, 0.29) is 13.2 Å². The van der Waals surface area contributed by atoms with Crippen LogP contribution in [0.2, 0.25) is 0 Å². The number of cyclic esters (lactones) is 1. The van der Waals surface area contributed by atoms with Crippen LogP contribution in [0.25, 0.3) is 16.8 Å². The number of benzene rings is 1. The zero-order valence-electron chi connectivity index (χ0n) is 16.8. The molecule has 0 unspecified atom stereocenters. The van der Waals surface area contributed by atoms with Crippen molar-refractivity contribution in [3.05, 3.63) is 66.5 Å². The van der Waals surface area contributed by atoms with E-state index in [1.807, 2.05) is 0 Å². The Bertz CT molecular complexity index is 1150. The van der Waals surface area contributed by atoms with E-state index < -0.39 is 24.1 Å². The second-order valence-electron chi connectivity index (χ2n) is 7.36. The third-order valence-corrected chi connectivity index (χ3v) is 5.20. The van der Waals surface area contributed by atoms with Gasteiger partial charge in [-0.1, -0.05) is 11.3 Å². The van der Waals surface area contributed by atoms with Crippen molar-refractivity contribution in [2.45, 2.75) is 18.8 Å². The van der Waals surface area contributed by atoms with Crippen molar-refractivity contribution < 1.29 is 23.9 Å². The first-order valence-corrected chi connectivity index (χ1v) is 9.93. The average molecular weight is 438 g/mol. The van der Waals surface area contributed by atoms with Crippen LogP contribution in [0, 0.1) is 5.82 Å². The summed E-state index contributed by atoms with van der Waals surface area (Å²) in [4.78, 5) is 23.2. The lowest BCUT2D eigenvalue weighted by Crippen LogP contribution is -2.26. The highest BCUT2D eigenvalue weighted by molar-refractivity contribution is 5.90. The minimum Gasteiger partial charge on any atom is -0.442 e. The molecule has 5 rings (SSSR count). The number of aliphatic hydroxyl groups is 1. The molecule has 11 heteroatoms. The van der Waals surface area contributed by atoms with E-state index in [9.17, 15) is 9.18 Å². The van der Waals surface area contributed by atoms with Gasteiger partial charge in [0, 0.05) is 23.5 Å². The molecule has 2 aliphatic rings. The third-order valence-electron chi connectivity index (χ3n) is 5.20. The molecule has 0 radical (unpaired) electrons. The van der Waals surface area contributed by atoms with Gasteiger partial charge in [-0.2, -0.15) is 0 Å². The Kier molecular flexibility index (Phi) is 5.25. The van der Waals surface area contributed by atoms with Crippen molar-refractivity contribution >= 4 is 17.5 Å². The van der Waals surface area contributed by atoms with E-state index in [4.69, 9.17) is 14.7 Å². The number of ether oxygens (including phenoxy) is 1. The minimum atomic E-state index is -0.533. The maximum atomic E-state index is 14.9. The number of amides is 1. The lowest BCUT2D eigenvalue weighted by Gasteiger charge is -2.14. The van der Waals surface area contributed by atoms with Gasteiger partial charge >= 0.3 is 6.09 Å². The fourth-order valence-corrected chi connectivity index (χ4v) is 3.61. The number of aliphatic hydroxyl groups excluding tert-OH is 1. The third kappa shape index (κ3) is 3.90. The number of carbonyl (C=O) groups is 1. The van der Waals surface area contributed by atoms with Crippen LogP contribution in [0.5, 0.6) is 0 Å². The molecular formula is C21H19FN6O4. The molecular weight excluding hydrogens is 419 g/mol. The minimum absolute atomic E-state index is 0.141. The van der Waals surface area contributed by atoms with Crippen LogP contribution in [-0.4, -0.2) is 56.5 Å². The monoisotopic (exact) mass is 438 g/mol. The fourth-order valence-electron chi connectivity index (χ4n) is 3.61. The van der Waals surface area contributed by atoms with E-state index in [2.05, 4.69) is 20.8 Å². The predicted molar refractivity (Wildman–Crippen MR) is 110 cm³/mol. The molecule has 2 aromatic heterocycles. The zero-order valence-corrected chi connectivity index (χ0v) is 16.8. The van der Waals surface area contributed by atoms with Crippen molar-refractivity contribution in [2.75, 3.05) is 18.1 Å². The molecule has 1 aromatic carbocycles. The highest BCUT2D eigenvalue weighted by Crippen LogP contribution is 2.29. The zero-order chi connectivity index (χ0) is 22.1. The number of halogens is 1. The molecule has 1 fully saturated rings.